The Morgan fingerprint density at radius 1 is 1.29 bits per heavy atom. The molecule has 1 aromatic carbocycles. The molecule has 0 unspecified atom stereocenters. The molecule has 24 heavy (non-hydrogen) atoms. The molecular weight excluding hydrogens is 326 g/mol. The van der Waals surface area contributed by atoms with Crippen LogP contribution in [-0.4, -0.2) is 37.8 Å². The summed E-state index contributed by atoms with van der Waals surface area (Å²) >= 11 is 5.98. The zero-order valence-electron chi connectivity index (χ0n) is 13.7. The number of nitrogens with zero attached hydrogens (tertiary/aromatic N) is 4. The molecule has 0 radical (unpaired) electrons. The first-order chi connectivity index (χ1) is 11.4. The molecule has 0 bridgehead atoms. The van der Waals surface area contributed by atoms with Crippen LogP contribution in [-0.2, 0) is 6.54 Å². The van der Waals surface area contributed by atoms with Crippen molar-refractivity contribution in [2.24, 2.45) is 0 Å². The second-order valence-corrected chi connectivity index (χ2v) is 6.40. The number of hydrogen-bond donors (Lipinski definition) is 1. The number of rotatable bonds is 4. The first-order valence-electron chi connectivity index (χ1n) is 7.66. The van der Waals surface area contributed by atoms with Crippen molar-refractivity contribution in [1.82, 2.24) is 24.8 Å². The zero-order valence-corrected chi connectivity index (χ0v) is 14.5. The van der Waals surface area contributed by atoms with E-state index in [4.69, 9.17) is 11.6 Å². The van der Waals surface area contributed by atoms with E-state index in [0.29, 0.717) is 28.9 Å². The number of aromatic amines is 1. The van der Waals surface area contributed by atoms with Crippen molar-refractivity contribution in [1.29, 1.82) is 0 Å². The maximum absolute atomic E-state index is 12.6. The minimum Gasteiger partial charge on any atom is -0.340 e. The summed E-state index contributed by atoms with van der Waals surface area (Å²) in [6, 6.07) is 7.08. The summed E-state index contributed by atoms with van der Waals surface area (Å²) in [7, 11) is 1.72. The third-order valence-electron chi connectivity index (χ3n) is 3.64. The van der Waals surface area contributed by atoms with Gasteiger partial charge in [-0.2, -0.15) is 0 Å². The molecule has 0 saturated heterocycles. The highest BCUT2D eigenvalue weighted by atomic mass is 35.5. The first-order valence-corrected chi connectivity index (χ1v) is 8.04. The molecule has 124 valence electrons. The van der Waals surface area contributed by atoms with Crippen molar-refractivity contribution < 1.29 is 4.79 Å². The van der Waals surface area contributed by atoms with Gasteiger partial charge in [-0.05, 0) is 24.3 Å². The Hall–Kier alpha value is -2.47. The number of carbonyl (C=O) groups excluding carboxylic acids is 1. The average Bonchev–Trinajstić information content (AvgIpc) is 2.95. The second-order valence-electron chi connectivity index (χ2n) is 5.96. The average molecular weight is 344 g/mol. The molecule has 0 saturated carbocycles. The number of carbonyl (C=O) groups is 1. The molecule has 2 aromatic heterocycles. The molecule has 3 rings (SSSR count). The molecule has 1 N–H and O–H groups in total. The molecule has 0 aliphatic carbocycles. The maximum atomic E-state index is 12.6. The number of nitrogens with one attached hydrogen (secondary N) is 1. The third kappa shape index (κ3) is 3.38. The summed E-state index contributed by atoms with van der Waals surface area (Å²) in [4.78, 5) is 30.3. The fraction of sp³-hybridized carbons (Fsp3) is 0.294. The molecule has 0 spiro atoms. The van der Waals surface area contributed by atoms with Gasteiger partial charge in [0, 0.05) is 24.2 Å². The molecule has 0 aliphatic heterocycles. The van der Waals surface area contributed by atoms with Gasteiger partial charge in [-0.25, -0.2) is 15.0 Å². The van der Waals surface area contributed by atoms with E-state index in [1.807, 2.05) is 26.0 Å². The Bertz CT molecular complexity index is 890. The second kappa shape index (κ2) is 6.57. The van der Waals surface area contributed by atoms with Crippen LogP contribution in [0.15, 0.2) is 30.5 Å². The van der Waals surface area contributed by atoms with E-state index in [9.17, 15) is 4.79 Å². The highest BCUT2D eigenvalue weighted by molar-refractivity contribution is 6.31. The van der Waals surface area contributed by atoms with Crippen LogP contribution in [0.5, 0.6) is 0 Å². The molecule has 6 nitrogen and oxygen atoms in total. The van der Waals surface area contributed by atoms with Crippen LogP contribution in [0.2, 0.25) is 5.02 Å². The van der Waals surface area contributed by atoms with Crippen LogP contribution < -0.4 is 0 Å². The van der Waals surface area contributed by atoms with Gasteiger partial charge >= 0.3 is 0 Å². The number of imidazole rings is 1. The van der Waals surface area contributed by atoms with Gasteiger partial charge in [-0.15, -0.1) is 0 Å². The Kier molecular flexibility index (Phi) is 4.49. The lowest BCUT2D eigenvalue weighted by atomic mass is 10.2. The number of halogens is 1. The number of benzene rings is 1. The fourth-order valence-corrected chi connectivity index (χ4v) is 2.54. The van der Waals surface area contributed by atoms with Crippen LogP contribution in [0.1, 0.15) is 41.9 Å². The molecule has 1 amide bonds. The van der Waals surface area contributed by atoms with E-state index in [0.717, 1.165) is 11.0 Å². The van der Waals surface area contributed by atoms with E-state index < -0.39 is 0 Å². The Morgan fingerprint density at radius 2 is 2.08 bits per heavy atom. The van der Waals surface area contributed by atoms with Gasteiger partial charge in [0.05, 0.1) is 17.6 Å². The number of aromatic nitrogens is 4. The Balaban J connectivity index is 1.79. The summed E-state index contributed by atoms with van der Waals surface area (Å²) in [6.07, 6.45) is 1.62. The van der Waals surface area contributed by atoms with Gasteiger partial charge in [-0.1, -0.05) is 25.4 Å². The van der Waals surface area contributed by atoms with Crippen LogP contribution in [0.3, 0.4) is 0 Å². The third-order valence-corrected chi connectivity index (χ3v) is 3.87. The smallest absolute Gasteiger partial charge is 0.272 e. The molecule has 2 heterocycles. The maximum Gasteiger partial charge on any atom is 0.272 e. The number of H-pyrrole nitrogens is 1. The summed E-state index contributed by atoms with van der Waals surface area (Å²) in [6.45, 7) is 4.34. The fourth-order valence-electron chi connectivity index (χ4n) is 2.37. The van der Waals surface area contributed by atoms with Crippen molar-refractivity contribution >= 4 is 28.5 Å². The lowest BCUT2D eigenvalue weighted by Gasteiger charge is -2.15. The standard InChI is InChI=1S/C17H18ClN5O/c1-10(2)16-19-7-6-13(22-16)17(24)23(3)9-15-20-12-5-4-11(18)8-14(12)21-15/h4-8,10H,9H2,1-3H3,(H,20,21). The summed E-state index contributed by atoms with van der Waals surface area (Å²) in [5.74, 6) is 1.36. The Morgan fingerprint density at radius 3 is 2.83 bits per heavy atom. The molecule has 0 aliphatic rings. The Labute approximate surface area is 144 Å². The zero-order chi connectivity index (χ0) is 17.3. The summed E-state index contributed by atoms with van der Waals surface area (Å²) in [5.41, 5.74) is 2.05. The van der Waals surface area contributed by atoms with Gasteiger partial charge in [0.1, 0.15) is 17.3 Å². The number of fused-ring (bicyclic) bond motifs is 1. The first kappa shape index (κ1) is 16.4. The molecule has 0 fully saturated rings. The van der Waals surface area contributed by atoms with E-state index >= 15 is 0 Å². The minimum atomic E-state index is -0.169. The summed E-state index contributed by atoms with van der Waals surface area (Å²) < 4.78 is 0. The molecular formula is C17H18ClN5O. The van der Waals surface area contributed by atoms with Gasteiger partial charge in [0.25, 0.3) is 5.91 Å². The van der Waals surface area contributed by atoms with Gasteiger partial charge in [0.2, 0.25) is 0 Å². The van der Waals surface area contributed by atoms with Crippen molar-refractivity contribution in [3.8, 4) is 0 Å². The van der Waals surface area contributed by atoms with E-state index in [1.54, 1.807) is 30.3 Å². The number of hydrogen-bond acceptors (Lipinski definition) is 4. The topological polar surface area (TPSA) is 74.8 Å². The van der Waals surface area contributed by atoms with E-state index in [1.165, 1.54) is 0 Å². The lowest BCUT2D eigenvalue weighted by molar-refractivity contribution is 0.0775. The predicted octanol–water partition coefficient (Wildman–Crippen LogP) is 3.40. The predicted molar refractivity (Wildman–Crippen MR) is 93.0 cm³/mol. The normalized spacial score (nSPS) is 11.2. The molecule has 7 heteroatoms. The van der Waals surface area contributed by atoms with Crippen LogP contribution >= 0.6 is 11.6 Å². The van der Waals surface area contributed by atoms with Gasteiger partial charge in [0.15, 0.2) is 0 Å². The quantitative estimate of drug-likeness (QED) is 0.787. The SMILES string of the molecule is CC(C)c1nccc(C(=O)N(C)Cc2nc3ccc(Cl)cc3[nH]2)n1. The van der Waals surface area contributed by atoms with Crippen LogP contribution in [0.25, 0.3) is 11.0 Å². The van der Waals surface area contributed by atoms with Crippen molar-refractivity contribution in [2.45, 2.75) is 26.3 Å². The van der Waals surface area contributed by atoms with Gasteiger partial charge < -0.3 is 9.88 Å². The minimum absolute atomic E-state index is 0.169. The molecule has 3 aromatic rings. The molecule has 0 atom stereocenters. The van der Waals surface area contributed by atoms with Crippen molar-refractivity contribution in [3.05, 3.63) is 52.8 Å². The monoisotopic (exact) mass is 343 g/mol. The van der Waals surface area contributed by atoms with Crippen molar-refractivity contribution in [2.75, 3.05) is 7.05 Å². The highest BCUT2D eigenvalue weighted by Gasteiger charge is 2.16. The van der Waals surface area contributed by atoms with Crippen LogP contribution in [0.4, 0.5) is 0 Å². The van der Waals surface area contributed by atoms with Gasteiger partial charge in [-0.3, -0.25) is 4.79 Å². The van der Waals surface area contributed by atoms with Crippen LogP contribution in [0, 0.1) is 0 Å². The highest BCUT2D eigenvalue weighted by Crippen LogP contribution is 2.18. The summed E-state index contributed by atoms with van der Waals surface area (Å²) in [5, 5.41) is 0.643. The lowest BCUT2D eigenvalue weighted by Crippen LogP contribution is -2.28. The number of amides is 1. The van der Waals surface area contributed by atoms with E-state index in [-0.39, 0.29) is 11.8 Å². The largest absolute Gasteiger partial charge is 0.340 e. The van der Waals surface area contributed by atoms with E-state index in [2.05, 4.69) is 19.9 Å². The van der Waals surface area contributed by atoms with Crippen molar-refractivity contribution in [3.63, 3.8) is 0 Å².